The highest BCUT2D eigenvalue weighted by Gasteiger charge is 2.33. The summed E-state index contributed by atoms with van der Waals surface area (Å²) < 4.78 is 42.2. The Morgan fingerprint density at radius 2 is 1.66 bits per heavy atom. The molecule has 0 radical (unpaired) electrons. The third kappa shape index (κ3) is 5.10. The topological polar surface area (TPSA) is 119 Å². The first-order chi connectivity index (χ1) is 13.8. The summed E-state index contributed by atoms with van der Waals surface area (Å²) in [5.74, 6) is -1.18. The van der Waals surface area contributed by atoms with Gasteiger partial charge in [-0.3, -0.25) is 10.0 Å². The number of carbonyl (C=O) groups excluding carboxylic acids is 1. The van der Waals surface area contributed by atoms with Crippen LogP contribution in [0.3, 0.4) is 0 Å². The van der Waals surface area contributed by atoms with Gasteiger partial charge in [-0.1, -0.05) is 24.3 Å². The van der Waals surface area contributed by atoms with Crippen LogP contribution < -0.4 is 10.2 Å². The zero-order valence-corrected chi connectivity index (χ0v) is 16.3. The first-order valence-electron chi connectivity index (χ1n) is 9.06. The molecule has 8 nitrogen and oxygen atoms in total. The van der Waals surface area contributed by atoms with E-state index in [4.69, 9.17) is 5.21 Å². The van der Waals surface area contributed by atoms with E-state index in [-0.39, 0.29) is 36.1 Å². The molecule has 0 bridgehead atoms. The van der Waals surface area contributed by atoms with Gasteiger partial charge in [0.1, 0.15) is 17.6 Å². The molecule has 3 rings (SSSR count). The molecule has 0 saturated carbocycles. The van der Waals surface area contributed by atoms with Crippen molar-refractivity contribution < 1.29 is 27.9 Å². The molecule has 1 aliphatic rings. The lowest BCUT2D eigenvalue weighted by Crippen LogP contribution is -2.48. The average molecular weight is 423 g/mol. The van der Waals surface area contributed by atoms with E-state index in [0.29, 0.717) is 12.8 Å². The van der Waals surface area contributed by atoms with Gasteiger partial charge in [0.05, 0.1) is 0 Å². The molecule has 0 aliphatic carbocycles. The Bertz CT molecular complexity index is 943. The van der Waals surface area contributed by atoms with Crippen molar-refractivity contribution in [2.45, 2.75) is 24.8 Å². The summed E-state index contributed by atoms with van der Waals surface area (Å²) in [6.07, 6.45) is 1.12. The van der Waals surface area contributed by atoms with Gasteiger partial charge in [0, 0.05) is 13.1 Å². The van der Waals surface area contributed by atoms with E-state index >= 15 is 0 Å². The maximum atomic E-state index is 13.1. The summed E-state index contributed by atoms with van der Waals surface area (Å²) in [6, 6.07) is 10.2. The lowest BCUT2D eigenvalue weighted by Gasteiger charge is -2.32. The van der Waals surface area contributed by atoms with Crippen molar-refractivity contribution in [3.8, 4) is 5.75 Å². The lowest BCUT2D eigenvalue weighted by molar-refractivity contribution is -0.131. The standard InChI is InChI=1S/C19H22FN3O5S/c20-16-5-1-13(2-6-16)14-9-11-23(12-10-14)29(27,28)22-18(19(25)21-26)15-3-7-17(24)8-4-15/h1-8,14,18,22,24,26H,9-12H2,(H,21,25). The van der Waals surface area contributed by atoms with Gasteiger partial charge in [0.25, 0.3) is 16.1 Å². The van der Waals surface area contributed by atoms with Crippen LogP contribution in [0, 0.1) is 5.82 Å². The van der Waals surface area contributed by atoms with E-state index in [1.807, 2.05) is 0 Å². The Balaban J connectivity index is 1.70. The van der Waals surface area contributed by atoms with Crippen LogP contribution in [0.5, 0.6) is 5.75 Å². The minimum atomic E-state index is -4.02. The minimum Gasteiger partial charge on any atom is -0.508 e. The molecular formula is C19H22FN3O5S. The summed E-state index contributed by atoms with van der Waals surface area (Å²) in [6.45, 7) is 0.473. The van der Waals surface area contributed by atoms with Gasteiger partial charge in [0.15, 0.2) is 0 Å². The molecule has 0 spiro atoms. The van der Waals surface area contributed by atoms with Gasteiger partial charge in [0.2, 0.25) is 0 Å². The number of hydrogen-bond donors (Lipinski definition) is 4. The van der Waals surface area contributed by atoms with Gasteiger partial charge in [-0.15, -0.1) is 0 Å². The van der Waals surface area contributed by atoms with Crippen LogP contribution in [0.2, 0.25) is 0 Å². The fourth-order valence-electron chi connectivity index (χ4n) is 3.39. The molecule has 2 aromatic rings. The summed E-state index contributed by atoms with van der Waals surface area (Å²) in [4.78, 5) is 12.0. The van der Waals surface area contributed by atoms with Crippen molar-refractivity contribution in [1.82, 2.24) is 14.5 Å². The Kier molecular flexibility index (Phi) is 6.48. The third-order valence-electron chi connectivity index (χ3n) is 5.00. The van der Waals surface area contributed by atoms with E-state index in [1.54, 1.807) is 12.1 Å². The Hall–Kier alpha value is -2.53. The number of hydrogen-bond acceptors (Lipinski definition) is 5. The lowest BCUT2D eigenvalue weighted by atomic mass is 9.90. The smallest absolute Gasteiger partial charge is 0.280 e. The van der Waals surface area contributed by atoms with Crippen LogP contribution in [-0.4, -0.2) is 42.0 Å². The summed E-state index contributed by atoms with van der Waals surface area (Å²) in [5.41, 5.74) is 2.68. The van der Waals surface area contributed by atoms with E-state index in [1.165, 1.54) is 46.2 Å². The minimum absolute atomic E-state index is 0.0392. The molecule has 10 heteroatoms. The number of rotatable bonds is 6. The Morgan fingerprint density at radius 1 is 1.07 bits per heavy atom. The van der Waals surface area contributed by atoms with Crippen LogP contribution in [0.4, 0.5) is 4.39 Å². The Labute approximate surface area is 168 Å². The molecule has 0 aromatic heterocycles. The summed E-state index contributed by atoms with van der Waals surface area (Å²) >= 11 is 0. The second kappa shape index (κ2) is 8.87. The van der Waals surface area contributed by atoms with Crippen LogP contribution in [0.1, 0.15) is 35.9 Å². The van der Waals surface area contributed by atoms with Crippen molar-refractivity contribution in [2.24, 2.45) is 0 Å². The van der Waals surface area contributed by atoms with E-state index in [0.717, 1.165) is 5.56 Å². The van der Waals surface area contributed by atoms with Crippen LogP contribution in [-0.2, 0) is 15.0 Å². The predicted molar refractivity (Wildman–Crippen MR) is 103 cm³/mol. The molecule has 29 heavy (non-hydrogen) atoms. The molecule has 1 fully saturated rings. The number of nitrogens with one attached hydrogen (secondary N) is 2. The molecule has 1 unspecified atom stereocenters. The zero-order valence-electron chi connectivity index (χ0n) is 15.5. The number of halogens is 1. The number of piperidine rings is 1. The van der Waals surface area contributed by atoms with Gasteiger partial charge >= 0.3 is 0 Å². The number of benzene rings is 2. The van der Waals surface area contributed by atoms with E-state index in [2.05, 4.69) is 4.72 Å². The van der Waals surface area contributed by atoms with Gasteiger partial charge in [-0.05, 0) is 54.2 Å². The first kappa shape index (κ1) is 21.2. The second-order valence-electron chi connectivity index (χ2n) is 6.85. The molecule has 1 aliphatic heterocycles. The third-order valence-corrected chi connectivity index (χ3v) is 6.58. The Morgan fingerprint density at radius 3 is 2.21 bits per heavy atom. The number of amides is 1. The number of phenolic OH excluding ortho intramolecular Hbond substituents is 1. The van der Waals surface area contributed by atoms with Crippen LogP contribution >= 0.6 is 0 Å². The molecule has 156 valence electrons. The molecule has 1 heterocycles. The zero-order chi connectivity index (χ0) is 21.0. The van der Waals surface area contributed by atoms with Crippen LogP contribution in [0.15, 0.2) is 48.5 Å². The van der Waals surface area contributed by atoms with E-state index in [9.17, 15) is 22.7 Å². The molecule has 1 amide bonds. The SMILES string of the molecule is O=C(NO)C(NS(=O)(=O)N1CCC(c2ccc(F)cc2)CC1)c1ccc(O)cc1. The maximum Gasteiger partial charge on any atom is 0.280 e. The van der Waals surface area contributed by atoms with Gasteiger partial charge in [-0.25, -0.2) is 9.87 Å². The molecule has 4 N–H and O–H groups in total. The first-order valence-corrected chi connectivity index (χ1v) is 10.5. The number of phenols is 1. The monoisotopic (exact) mass is 423 g/mol. The normalized spacial score (nSPS) is 17.0. The van der Waals surface area contributed by atoms with Crippen molar-refractivity contribution in [3.63, 3.8) is 0 Å². The van der Waals surface area contributed by atoms with Crippen LogP contribution in [0.25, 0.3) is 0 Å². The molecular weight excluding hydrogens is 401 g/mol. The fourth-order valence-corrected chi connectivity index (χ4v) is 4.77. The highest BCUT2D eigenvalue weighted by atomic mass is 32.2. The molecule has 1 saturated heterocycles. The van der Waals surface area contributed by atoms with Crippen molar-refractivity contribution in [3.05, 3.63) is 65.5 Å². The summed E-state index contributed by atoms with van der Waals surface area (Å²) in [5, 5.41) is 18.4. The number of aromatic hydroxyl groups is 1. The highest BCUT2D eigenvalue weighted by molar-refractivity contribution is 7.87. The van der Waals surface area contributed by atoms with Crippen molar-refractivity contribution in [1.29, 1.82) is 0 Å². The van der Waals surface area contributed by atoms with E-state index < -0.39 is 22.2 Å². The largest absolute Gasteiger partial charge is 0.508 e. The predicted octanol–water partition coefficient (Wildman–Crippen LogP) is 1.79. The molecule has 1 atom stereocenters. The van der Waals surface area contributed by atoms with Crippen molar-refractivity contribution >= 4 is 16.1 Å². The van der Waals surface area contributed by atoms with Crippen molar-refractivity contribution in [2.75, 3.05) is 13.1 Å². The highest BCUT2D eigenvalue weighted by Crippen LogP contribution is 2.29. The average Bonchev–Trinajstić information content (AvgIpc) is 2.73. The number of carbonyl (C=O) groups is 1. The maximum absolute atomic E-state index is 13.1. The summed E-state index contributed by atoms with van der Waals surface area (Å²) in [7, 11) is -4.02. The number of nitrogens with zero attached hydrogens (tertiary/aromatic N) is 1. The molecule has 2 aromatic carbocycles. The fraction of sp³-hybridized carbons (Fsp3) is 0.316. The van der Waals surface area contributed by atoms with Gasteiger partial charge in [-0.2, -0.15) is 17.4 Å². The number of hydroxylamine groups is 1. The second-order valence-corrected chi connectivity index (χ2v) is 8.55. The quantitative estimate of drug-likeness (QED) is 0.417. The van der Waals surface area contributed by atoms with Gasteiger partial charge < -0.3 is 5.11 Å².